The van der Waals surface area contributed by atoms with E-state index in [1.165, 1.54) is 30.5 Å². The zero-order valence-corrected chi connectivity index (χ0v) is 16.3. The summed E-state index contributed by atoms with van der Waals surface area (Å²) in [5.74, 6) is -0.0705. The third-order valence-corrected chi connectivity index (χ3v) is 5.79. The number of ether oxygens (including phenoxy) is 2. The minimum Gasteiger partial charge on any atom is -0.493 e. The second-order valence-electron chi connectivity index (χ2n) is 6.18. The van der Waals surface area contributed by atoms with Gasteiger partial charge in [0.05, 0.1) is 17.2 Å². The lowest BCUT2D eigenvalue weighted by Gasteiger charge is -2.13. The van der Waals surface area contributed by atoms with Crippen LogP contribution in [0.5, 0.6) is 5.75 Å². The van der Waals surface area contributed by atoms with E-state index in [0.29, 0.717) is 30.9 Å². The van der Waals surface area contributed by atoms with Crippen LogP contribution in [0.15, 0.2) is 65.7 Å². The second-order valence-corrected chi connectivity index (χ2v) is 8.00. The Balaban J connectivity index is 1.97. The normalized spacial score (nSPS) is 11.5. The summed E-state index contributed by atoms with van der Waals surface area (Å²) in [6.07, 6.45) is 2.07. The first-order chi connectivity index (χ1) is 13.4. The van der Waals surface area contributed by atoms with E-state index in [0.717, 1.165) is 3.97 Å². The summed E-state index contributed by atoms with van der Waals surface area (Å²) < 4.78 is 52.3. The molecule has 1 aromatic heterocycles. The van der Waals surface area contributed by atoms with Gasteiger partial charge in [-0.2, -0.15) is 0 Å². The topological polar surface area (TPSA) is 57.5 Å². The van der Waals surface area contributed by atoms with Crippen molar-refractivity contribution in [2.45, 2.75) is 11.3 Å². The van der Waals surface area contributed by atoms with Gasteiger partial charge in [-0.15, -0.1) is 0 Å². The lowest BCUT2D eigenvalue weighted by Crippen LogP contribution is -2.14. The Morgan fingerprint density at radius 1 is 1.07 bits per heavy atom. The summed E-state index contributed by atoms with van der Waals surface area (Å²) in [6.45, 7) is 4.76. The van der Waals surface area contributed by atoms with E-state index in [9.17, 15) is 12.8 Å². The molecule has 0 unspecified atom stereocenters. The predicted molar refractivity (Wildman–Crippen MR) is 105 cm³/mol. The third kappa shape index (κ3) is 4.26. The molecular weight excluding hydrogens is 381 g/mol. The Morgan fingerprint density at radius 3 is 2.61 bits per heavy atom. The lowest BCUT2D eigenvalue weighted by molar-refractivity contribution is 0.172. The number of halogens is 1. The van der Waals surface area contributed by atoms with Gasteiger partial charge >= 0.3 is 0 Å². The van der Waals surface area contributed by atoms with Crippen molar-refractivity contribution < 1.29 is 22.3 Å². The van der Waals surface area contributed by atoms with Crippen LogP contribution in [0.4, 0.5) is 4.39 Å². The van der Waals surface area contributed by atoms with Gasteiger partial charge in [-0.05, 0) is 42.8 Å². The molecule has 0 aliphatic heterocycles. The number of benzene rings is 2. The maximum absolute atomic E-state index is 14.3. The number of methoxy groups -OCH3 is 1. The number of hydrogen-bond acceptors (Lipinski definition) is 4. The number of aromatic nitrogens is 1. The molecule has 0 N–H and O–H groups in total. The van der Waals surface area contributed by atoms with Crippen molar-refractivity contribution in [3.63, 3.8) is 0 Å². The predicted octanol–water partition coefficient (Wildman–Crippen LogP) is 4.13. The van der Waals surface area contributed by atoms with Gasteiger partial charge in [0, 0.05) is 38.0 Å². The van der Waals surface area contributed by atoms with Gasteiger partial charge in [0.15, 0.2) is 0 Å². The van der Waals surface area contributed by atoms with Crippen LogP contribution in [0.25, 0.3) is 11.3 Å². The van der Waals surface area contributed by atoms with Crippen LogP contribution in [0.1, 0.15) is 12.0 Å². The van der Waals surface area contributed by atoms with Crippen LogP contribution in [-0.2, 0) is 14.8 Å². The monoisotopic (exact) mass is 402 g/mol. The van der Waals surface area contributed by atoms with Gasteiger partial charge in [-0.3, -0.25) is 0 Å². The Bertz CT molecular complexity index is 1060. The van der Waals surface area contributed by atoms with E-state index in [2.05, 4.69) is 6.92 Å². The molecule has 0 bridgehead atoms. The maximum Gasteiger partial charge on any atom is 0.268 e. The molecule has 147 valence electrons. The molecule has 0 atom stereocenters. The maximum atomic E-state index is 14.3. The molecule has 5 nitrogen and oxygen atoms in total. The highest BCUT2D eigenvalue weighted by Crippen LogP contribution is 2.29. The molecule has 1 heterocycles. The summed E-state index contributed by atoms with van der Waals surface area (Å²) in [5.41, 5.74) is 0.872. The van der Waals surface area contributed by atoms with Crippen LogP contribution in [0, 0.1) is 12.7 Å². The molecule has 1 radical (unpaired) electrons. The van der Waals surface area contributed by atoms with Crippen molar-refractivity contribution in [1.82, 2.24) is 3.97 Å². The molecule has 0 amide bonds. The Morgan fingerprint density at radius 2 is 1.86 bits per heavy atom. The summed E-state index contributed by atoms with van der Waals surface area (Å²) in [7, 11) is -2.36. The molecule has 7 heteroatoms. The van der Waals surface area contributed by atoms with Crippen LogP contribution in [-0.4, -0.2) is 32.7 Å². The van der Waals surface area contributed by atoms with Crippen LogP contribution in [0.3, 0.4) is 0 Å². The molecule has 0 saturated heterocycles. The van der Waals surface area contributed by atoms with Crippen LogP contribution >= 0.6 is 0 Å². The van der Waals surface area contributed by atoms with Crippen LogP contribution < -0.4 is 4.74 Å². The van der Waals surface area contributed by atoms with Crippen molar-refractivity contribution in [3.8, 4) is 17.0 Å². The zero-order valence-electron chi connectivity index (χ0n) is 15.5. The van der Waals surface area contributed by atoms with E-state index in [1.54, 1.807) is 37.4 Å². The van der Waals surface area contributed by atoms with Gasteiger partial charge in [0.2, 0.25) is 0 Å². The summed E-state index contributed by atoms with van der Waals surface area (Å²) in [4.78, 5) is 0.0462. The molecule has 3 rings (SSSR count). The van der Waals surface area contributed by atoms with Gasteiger partial charge in [-0.1, -0.05) is 18.2 Å². The van der Waals surface area contributed by atoms with Crippen molar-refractivity contribution in [3.05, 3.63) is 79.1 Å². The fourth-order valence-corrected chi connectivity index (χ4v) is 4.22. The minimum absolute atomic E-state index is 0.0462. The highest BCUT2D eigenvalue weighted by atomic mass is 32.2. The molecule has 0 saturated carbocycles. The summed E-state index contributed by atoms with van der Waals surface area (Å²) in [6, 6.07) is 13.8. The van der Waals surface area contributed by atoms with Crippen molar-refractivity contribution >= 4 is 10.0 Å². The van der Waals surface area contributed by atoms with E-state index in [1.807, 2.05) is 0 Å². The highest BCUT2D eigenvalue weighted by molar-refractivity contribution is 7.90. The summed E-state index contributed by atoms with van der Waals surface area (Å²) >= 11 is 0. The molecule has 0 spiro atoms. The van der Waals surface area contributed by atoms with E-state index >= 15 is 0 Å². The molecule has 28 heavy (non-hydrogen) atoms. The fourth-order valence-electron chi connectivity index (χ4n) is 2.79. The van der Waals surface area contributed by atoms with E-state index < -0.39 is 15.8 Å². The molecule has 3 aromatic rings. The first-order valence-electron chi connectivity index (χ1n) is 8.70. The van der Waals surface area contributed by atoms with Crippen molar-refractivity contribution in [1.29, 1.82) is 0 Å². The minimum atomic E-state index is -3.97. The largest absolute Gasteiger partial charge is 0.493 e. The van der Waals surface area contributed by atoms with Gasteiger partial charge in [0.1, 0.15) is 11.6 Å². The highest BCUT2D eigenvalue weighted by Gasteiger charge is 2.23. The third-order valence-electron chi connectivity index (χ3n) is 4.12. The average Bonchev–Trinajstić information content (AvgIpc) is 3.08. The fraction of sp³-hybridized carbons (Fsp3) is 0.190. The quantitative estimate of drug-likeness (QED) is 0.532. The Kier molecular flexibility index (Phi) is 6.16. The molecular formula is C21H21FNO4S. The van der Waals surface area contributed by atoms with Gasteiger partial charge < -0.3 is 9.47 Å². The van der Waals surface area contributed by atoms with Crippen molar-refractivity contribution in [2.24, 2.45) is 0 Å². The van der Waals surface area contributed by atoms with Gasteiger partial charge in [0.25, 0.3) is 10.0 Å². The van der Waals surface area contributed by atoms with E-state index in [-0.39, 0.29) is 16.2 Å². The first-order valence-corrected chi connectivity index (χ1v) is 10.1. The molecule has 2 aromatic carbocycles. The number of hydrogen-bond donors (Lipinski definition) is 0. The smallest absolute Gasteiger partial charge is 0.268 e. The molecule has 0 aliphatic carbocycles. The molecule has 0 fully saturated rings. The first kappa shape index (κ1) is 20.1. The standard InChI is InChI=1S/C21H21FNO4S/c1-16-13-21(19-9-3-4-10-20(19)22)23(15-16)28(24,25)18-8-5-7-17(14-18)27-12-6-11-26-2/h3-5,7-10,13-15H,1,6,11-12H2,2H3. The summed E-state index contributed by atoms with van der Waals surface area (Å²) in [5, 5.41) is 0. The molecule has 0 aliphatic rings. The SMILES string of the molecule is [CH2]c1cc(-c2ccccc2F)n(S(=O)(=O)c2cccc(OCCCOC)c2)c1. The number of rotatable bonds is 8. The van der Waals surface area contributed by atoms with Crippen molar-refractivity contribution in [2.75, 3.05) is 20.3 Å². The Labute approximate surface area is 164 Å². The second kappa shape index (κ2) is 8.58. The zero-order chi connectivity index (χ0) is 20.1. The number of nitrogens with zero attached hydrogens (tertiary/aromatic N) is 1. The van der Waals surface area contributed by atoms with Crippen LogP contribution in [0.2, 0.25) is 0 Å². The Hall–Kier alpha value is -2.64. The van der Waals surface area contributed by atoms with E-state index in [4.69, 9.17) is 9.47 Å². The average molecular weight is 402 g/mol. The van der Waals surface area contributed by atoms with Gasteiger partial charge in [-0.25, -0.2) is 16.8 Å². The lowest BCUT2D eigenvalue weighted by atomic mass is 10.1.